The quantitative estimate of drug-likeness (QED) is 0.543. The number of aliphatic hydroxyl groups excluding tert-OH is 1. The van der Waals surface area contributed by atoms with Crippen LogP contribution >= 0.6 is 0 Å². The standard InChI is InChI=1S/C6H10O2/c1-5(7)6-3-2-4-8-6/h3,5,7H,2,4H2,1H3. The average Bonchev–Trinajstić information content (AvgIpc) is 2.12. The summed E-state index contributed by atoms with van der Waals surface area (Å²) >= 11 is 0. The number of aliphatic hydroxyl groups is 1. The molecule has 1 atom stereocenters. The van der Waals surface area contributed by atoms with Gasteiger partial charge >= 0.3 is 0 Å². The fraction of sp³-hybridized carbons (Fsp3) is 0.667. The maximum absolute atomic E-state index is 8.86. The Morgan fingerprint density at radius 1 is 1.88 bits per heavy atom. The van der Waals surface area contributed by atoms with Gasteiger partial charge < -0.3 is 9.84 Å². The smallest absolute Gasteiger partial charge is 0.120 e. The summed E-state index contributed by atoms with van der Waals surface area (Å²) in [6.07, 6.45) is 2.45. The lowest BCUT2D eigenvalue weighted by atomic mass is 10.3. The fourth-order valence-corrected chi connectivity index (χ4v) is 0.728. The van der Waals surface area contributed by atoms with Crippen molar-refractivity contribution in [1.82, 2.24) is 0 Å². The van der Waals surface area contributed by atoms with Crippen LogP contribution in [0.3, 0.4) is 0 Å². The van der Waals surface area contributed by atoms with Crippen LogP contribution in [0.4, 0.5) is 0 Å². The van der Waals surface area contributed by atoms with Crippen LogP contribution in [0.5, 0.6) is 0 Å². The van der Waals surface area contributed by atoms with E-state index in [-0.39, 0.29) is 0 Å². The minimum Gasteiger partial charge on any atom is -0.495 e. The Hall–Kier alpha value is -0.500. The van der Waals surface area contributed by atoms with Gasteiger partial charge in [0.1, 0.15) is 11.9 Å². The van der Waals surface area contributed by atoms with Crippen molar-refractivity contribution in [2.75, 3.05) is 6.61 Å². The Labute approximate surface area is 48.8 Å². The van der Waals surface area contributed by atoms with Gasteiger partial charge in [0.15, 0.2) is 0 Å². The molecule has 2 nitrogen and oxygen atoms in total. The van der Waals surface area contributed by atoms with Gasteiger partial charge in [-0.3, -0.25) is 0 Å². The van der Waals surface area contributed by atoms with Crippen LogP contribution in [0.1, 0.15) is 13.3 Å². The molecule has 0 saturated carbocycles. The highest BCUT2D eigenvalue weighted by molar-refractivity contribution is 5.01. The first-order valence-corrected chi connectivity index (χ1v) is 2.81. The van der Waals surface area contributed by atoms with Crippen molar-refractivity contribution in [3.63, 3.8) is 0 Å². The lowest BCUT2D eigenvalue weighted by Gasteiger charge is -2.03. The van der Waals surface area contributed by atoms with Crippen LogP contribution in [0.25, 0.3) is 0 Å². The zero-order valence-electron chi connectivity index (χ0n) is 4.92. The summed E-state index contributed by atoms with van der Waals surface area (Å²) in [5.74, 6) is 0.727. The van der Waals surface area contributed by atoms with E-state index in [0.29, 0.717) is 0 Å². The third kappa shape index (κ3) is 1.01. The molecule has 1 aliphatic rings. The monoisotopic (exact) mass is 114 g/mol. The Kier molecular flexibility index (Phi) is 1.53. The molecule has 0 radical (unpaired) electrons. The molecule has 1 unspecified atom stereocenters. The van der Waals surface area contributed by atoms with Crippen molar-refractivity contribution in [3.8, 4) is 0 Å². The number of hydrogen-bond donors (Lipinski definition) is 1. The van der Waals surface area contributed by atoms with Gasteiger partial charge in [-0.15, -0.1) is 0 Å². The first-order valence-electron chi connectivity index (χ1n) is 2.81. The highest BCUT2D eigenvalue weighted by Gasteiger charge is 2.09. The highest BCUT2D eigenvalue weighted by Crippen LogP contribution is 2.11. The van der Waals surface area contributed by atoms with E-state index in [1.807, 2.05) is 6.08 Å². The Morgan fingerprint density at radius 2 is 2.62 bits per heavy atom. The van der Waals surface area contributed by atoms with E-state index < -0.39 is 6.10 Å². The molecule has 0 aromatic heterocycles. The van der Waals surface area contributed by atoms with Gasteiger partial charge in [-0.1, -0.05) is 0 Å². The van der Waals surface area contributed by atoms with Crippen LogP contribution in [-0.4, -0.2) is 17.8 Å². The third-order valence-electron chi connectivity index (χ3n) is 1.14. The van der Waals surface area contributed by atoms with Crippen molar-refractivity contribution in [2.24, 2.45) is 0 Å². The summed E-state index contributed by atoms with van der Waals surface area (Å²) < 4.78 is 5.03. The van der Waals surface area contributed by atoms with Gasteiger partial charge in [0.25, 0.3) is 0 Å². The predicted molar refractivity (Wildman–Crippen MR) is 30.3 cm³/mol. The lowest BCUT2D eigenvalue weighted by Crippen LogP contribution is -2.03. The van der Waals surface area contributed by atoms with Crippen molar-refractivity contribution < 1.29 is 9.84 Å². The Morgan fingerprint density at radius 3 is 2.88 bits per heavy atom. The van der Waals surface area contributed by atoms with Gasteiger partial charge in [0, 0.05) is 6.42 Å². The molecule has 0 aromatic carbocycles. The van der Waals surface area contributed by atoms with Crippen LogP contribution in [0.15, 0.2) is 11.8 Å². The largest absolute Gasteiger partial charge is 0.495 e. The second kappa shape index (κ2) is 2.18. The van der Waals surface area contributed by atoms with Crippen LogP contribution in [0.2, 0.25) is 0 Å². The second-order valence-corrected chi connectivity index (χ2v) is 1.92. The first-order chi connectivity index (χ1) is 3.80. The zero-order valence-corrected chi connectivity index (χ0v) is 4.92. The highest BCUT2D eigenvalue weighted by atomic mass is 16.5. The molecule has 0 fully saturated rings. The van der Waals surface area contributed by atoms with E-state index in [4.69, 9.17) is 9.84 Å². The molecule has 0 aliphatic carbocycles. The van der Waals surface area contributed by atoms with Crippen molar-refractivity contribution >= 4 is 0 Å². The molecule has 0 aromatic rings. The van der Waals surface area contributed by atoms with Gasteiger partial charge in [-0.05, 0) is 13.0 Å². The summed E-state index contributed by atoms with van der Waals surface area (Å²) in [5.41, 5.74) is 0. The van der Waals surface area contributed by atoms with E-state index in [9.17, 15) is 0 Å². The lowest BCUT2D eigenvalue weighted by molar-refractivity contribution is 0.130. The Balaban J connectivity index is 2.45. The molecule has 1 aliphatic heterocycles. The average molecular weight is 114 g/mol. The number of ether oxygens (including phenoxy) is 1. The van der Waals surface area contributed by atoms with E-state index in [1.165, 1.54) is 0 Å². The molecular formula is C6H10O2. The van der Waals surface area contributed by atoms with Crippen LogP contribution in [-0.2, 0) is 4.74 Å². The van der Waals surface area contributed by atoms with Crippen molar-refractivity contribution in [1.29, 1.82) is 0 Å². The minimum absolute atomic E-state index is 0.419. The summed E-state index contributed by atoms with van der Waals surface area (Å²) in [4.78, 5) is 0. The molecule has 0 saturated heterocycles. The van der Waals surface area contributed by atoms with Gasteiger partial charge in [0.2, 0.25) is 0 Å². The van der Waals surface area contributed by atoms with Gasteiger partial charge in [0.05, 0.1) is 6.61 Å². The Bertz CT molecular complexity index is 105. The molecule has 46 valence electrons. The van der Waals surface area contributed by atoms with Crippen molar-refractivity contribution in [3.05, 3.63) is 11.8 Å². The molecule has 1 rings (SSSR count). The van der Waals surface area contributed by atoms with Crippen LogP contribution < -0.4 is 0 Å². The first kappa shape index (κ1) is 5.63. The van der Waals surface area contributed by atoms with Gasteiger partial charge in [-0.25, -0.2) is 0 Å². The predicted octanol–water partition coefficient (Wildman–Crippen LogP) is 0.671. The third-order valence-corrected chi connectivity index (χ3v) is 1.14. The summed E-state index contributed by atoms with van der Waals surface area (Å²) in [6.45, 7) is 2.44. The SMILES string of the molecule is CC(O)C1=CCCO1. The molecule has 0 bridgehead atoms. The van der Waals surface area contributed by atoms with Gasteiger partial charge in [-0.2, -0.15) is 0 Å². The normalized spacial score (nSPS) is 22.0. The zero-order chi connectivity index (χ0) is 5.98. The summed E-state index contributed by atoms with van der Waals surface area (Å²) in [5, 5.41) is 8.86. The molecule has 1 heterocycles. The van der Waals surface area contributed by atoms with E-state index in [0.717, 1.165) is 18.8 Å². The summed E-state index contributed by atoms with van der Waals surface area (Å²) in [6, 6.07) is 0. The fourth-order valence-electron chi connectivity index (χ4n) is 0.728. The second-order valence-electron chi connectivity index (χ2n) is 1.92. The molecule has 0 amide bonds. The number of rotatable bonds is 1. The van der Waals surface area contributed by atoms with E-state index >= 15 is 0 Å². The maximum Gasteiger partial charge on any atom is 0.120 e. The summed E-state index contributed by atoms with van der Waals surface area (Å²) in [7, 11) is 0. The molecule has 8 heavy (non-hydrogen) atoms. The van der Waals surface area contributed by atoms with Crippen LogP contribution in [0, 0.1) is 0 Å². The van der Waals surface area contributed by atoms with E-state index in [1.54, 1.807) is 6.92 Å². The number of hydrogen-bond acceptors (Lipinski definition) is 2. The minimum atomic E-state index is -0.419. The molecule has 1 N–H and O–H groups in total. The topological polar surface area (TPSA) is 29.5 Å². The molecule has 2 heteroatoms. The maximum atomic E-state index is 8.86. The van der Waals surface area contributed by atoms with E-state index in [2.05, 4.69) is 0 Å². The molecular weight excluding hydrogens is 104 g/mol. The van der Waals surface area contributed by atoms with Crippen molar-refractivity contribution in [2.45, 2.75) is 19.4 Å². The molecule has 0 spiro atoms.